The molecule has 102 valence electrons. The number of methoxy groups -OCH3 is 2. The summed E-state index contributed by atoms with van der Waals surface area (Å²) in [6, 6.07) is 6.16. The smallest absolute Gasteiger partial charge is 0.127 e. The van der Waals surface area contributed by atoms with Crippen LogP contribution < -0.4 is 14.8 Å². The lowest BCUT2D eigenvalue weighted by molar-refractivity contribution is 0.127. The van der Waals surface area contributed by atoms with Crippen molar-refractivity contribution in [1.29, 1.82) is 0 Å². The van der Waals surface area contributed by atoms with Gasteiger partial charge in [0, 0.05) is 30.8 Å². The molecule has 0 fully saturated rings. The lowest BCUT2D eigenvalue weighted by Gasteiger charge is -2.15. The van der Waals surface area contributed by atoms with E-state index in [2.05, 4.69) is 12.2 Å². The Bertz CT molecular complexity index is 355. The third-order valence-corrected chi connectivity index (χ3v) is 2.71. The molecule has 1 N–H and O–H groups in total. The van der Waals surface area contributed by atoms with Crippen LogP contribution in [0.3, 0.4) is 0 Å². The molecule has 1 rings (SSSR count). The van der Waals surface area contributed by atoms with Crippen molar-refractivity contribution in [3.63, 3.8) is 0 Å². The summed E-state index contributed by atoms with van der Waals surface area (Å²) < 4.78 is 15.9. The summed E-state index contributed by atoms with van der Waals surface area (Å²) in [4.78, 5) is 0. The highest BCUT2D eigenvalue weighted by Gasteiger charge is 2.07. The number of hydrogen-bond acceptors (Lipinski definition) is 4. The van der Waals surface area contributed by atoms with Gasteiger partial charge in [-0.15, -0.1) is 0 Å². The second-order valence-electron chi connectivity index (χ2n) is 4.12. The van der Waals surface area contributed by atoms with Crippen molar-refractivity contribution in [3.8, 4) is 11.5 Å². The zero-order valence-electron chi connectivity index (χ0n) is 11.7. The summed E-state index contributed by atoms with van der Waals surface area (Å²) in [5.41, 5.74) is 1.11. The first-order valence-corrected chi connectivity index (χ1v) is 6.23. The first-order valence-electron chi connectivity index (χ1n) is 6.23. The molecule has 1 aromatic carbocycles. The van der Waals surface area contributed by atoms with E-state index in [0.29, 0.717) is 6.04 Å². The van der Waals surface area contributed by atoms with E-state index in [1.54, 1.807) is 14.2 Å². The van der Waals surface area contributed by atoms with Crippen molar-refractivity contribution >= 4 is 0 Å². The molecule has 0 saturated carbocycles. The third kappa shape index (κ3) is 4.55. The van der Waals surface area contributed by atoms with E-state index < -0.39 is 0 Å². The van der Waals surface area contributed by atoms with Crippen LogP contribution in [0.5, 0.6) is 11.5 Å². The molecular formula is C14H23NO3. The van der Waals surface area contributed by atoms with Gasteiger partial charge in [0.1, 0.15) is 11.5 Å². The van der Waals surface area contributed by atoms with E-state index in [0.717, 1.165) is 36.8 Å². The molecule has 0 radical (unpaired) electrons. The molecule has 1 unspecified atom stereocenters. The summed E-state index contributed by atoms with van der Waals surface area (Å²) in [6.45, 7) is 6.32. The van der Waals surface area contributed by atoms with Crippen LogP contribution in [0.1, 0.15) is 19.4 Å². The number of ether oxygens (including phenoxy) is 3. The fourth-order valence-corrected chi connectivity index (χ4v) is 1.64. The molecule has 0 aliphatic heterocycles. The van der Waals surface area contributed by atoms with Crippen molar-refractivity contribution in [2.45, 2.75) is 26.4 Å². The molecule has 0 heterocycles. The molecule has 4 heteroatoms. The summed E-state index contributed by atoms with van der Waals surface area (Å²) in [5, 5.41) is 3.40. The van der Waals surface area contributed by atoms with Crippen molar-refractivity contribution in [2.24, 2.45) is 0 Å². The summed E-state index contributed by atoms with van der Waals surface area (Å²) >= 11 is 0. The van der Waals surface area contributed by atoms with E-state index >= 15 is 0 Å². The molecule has 0 bridgehead atoms. The Hall–Kier alpha value is -1.26. The minimum atomic E-state index is 0.316. The molecular weight excluding hydrogens is 230 g/mol. The van der Waals surface area contributed by atoms with Gasteiger partial charge in [0.15, 0.2) is 0 Å². The van der Waals surface area contributed by atoms with Gasteiger partial charge < -0.3 is 19.5 Å². The number of nitrogens with one attached hydrogen (secondary N) is 1. The minimum absolute atomic E-state index is 0.316. The highest BCUT2D eigenvalue weighted by atomic mass is 16.5. The van der Waals surface area contributed by atoms with Crippen LogP contribution in [0, 0.1) is 0 Å². The zero-order chi connectivity index (χ0) is 13.4. The molecule has 0 aliphatic carbocycles. The van der Waals surface area contributed by atoms with Crippen molar-refractivity contribution in [3.05, 3.63) is 23.8 Å². The van der Waals surface area contributed by atoms with Crippen LogP contribution >= 0.6 is 0 Å². The van der Waals surface area contributed by atoms with Gasteiger partial charge in [-0.1, -0.05) is 6.07 Å². The van der Waals surface area contributed by atoms with E-state index in [4.69, 9.17) is 14.2 Å². The number of hydrogen-bond donors (Lipinski definition) is 1. The minimum Gasteiger partial charge on any atom is -0.497 e. The van der Waals surface area contributed by atoms with Gasteiger partial charge in [-0.05, 0) is 19.9 Å². The van der Waals surface area contributed by atoms with E-state index in [9.17, 15) is 0 Å². The Kier molecular flexibility index (Phi) is 6.54. The van der Waals surface area contributed by atoms with Crippen LogP contribution in [0.4, 0.5) is 0 Å². The monoisotopic (exact) mass is 253 g/mol. The Balaban J connectivity index is 2.55. The molecule has 0 amide bonds. The van der Waals surface area contributed by atoms with Crippen LogP contribution in [0.25, 0.3) is 0 Å². The van der Waals surface area contributed by atoms with Crippen molar-refractivity contribution in [1.82, 2.24) is 5.32 Å². The standard InChI is InChI=1S/C14H23NO3/c1-5-18-10-11(2)15-9-12-6-7-13(16-3)8-14(12)17-4/h6-8,11,15H,5,9-10H2,1-4H3. The lowest BCUT2D eigenvalue weighted by atomic mass is 10.2. The third-order valence-electron chi connectivity index (χ3n) is 2.71. The maximum absolute atomic E-state index is 5.36. The number of rotatable bonds is 8. The van der Waals surface area contributed by atoms with Gasteiger partial charge in [0.2, 0.25) is 0 Å². The molecule has 0 spiro atoms. The largest absolute Gasteiger partial charge is 0.497 e. The van der Waals surface area contributed by atoms with Crippen LogP contribution in [0.2, 0.25) is 0 Å². The summed E-state index contributed by atoms with van der Waals surface area (Å²) in [5.74, 6) is 1.64. The van der Waals surface area contributed by atoms with E-state index in [1.165, 1.54) is 0 Å². The quantitative estimate of drug-likeness (QED) is 0.771. The van der Waals surface area contributed by atoms with Crippen LogP contribution in [-0.2, 0) is 11.3 Å². The van der Waals surface area contributed by atoms with Crippen molar-refractivity contribution < 1.29 is 14.2 Å². The van der Waals surface area contributed by atoms with Gasteiger partial charge in [-0.25, -0.2) is 0 Å². The average Bonchev–Trinajstić information content (AvgIpc) is 2.42. The maximum Gasteiger partial charge on any atom is 0.127 e. The molecule has 18 heavy (non-hydrogen) atoms. The van der Waals surface area contributed by atoms with Gasteiger partial charge in [-0.2, -0.15) is 0 Å². The Labute approximate surface area is 109 Å². The van der Waals surface area contributed by atoms with Gasteiger partial charge in [0.05, 0.1) is 20.8 Å². The first-order chi connectivity index (χ1) is 8.71. The van der Waals surface area contributed by atoms with Crippen molar-refractivity contribution in [2.75, 3.05) is 27.4 Å². The van der Waals surface area contributed by atoms with Gasteiger partial charge >= 0.3 is 0 Å². The Morgan fingerprint density at radius 2 is 2.00 bits per heavy atom. The predicted molar refractivity (Wildman–Crippen MR) is 72.3 cm³/mol. The predicted octanol–water partition coefficient (Wildman–Crippen LogP) is 2.22. The van der Waals surface area contributed by atoms with Gasteiger partial charge in [0.25, 0.3) is 0 Å². The number of benzene rings is 1. The fourth-order valence-electron chi connectivity index (χ4n) is 1.64. The molecule has 0 aromatic heterocycles. The molecule has 1 atom stereocenters. The van der Waals surface area contributed by atoms with E-state index in [1.807, 2.05) is 25.1 Å². The first kappa shape index (κ1) is 14.8. The second-order valence-corrected chi connectivity index (χ2v) is 4.12. The zero-order valence-corrected chi connectivity index (χ0v) is 11.7. The molecule has 0 aliphatic rings. The highest BCUT2D eigenvalue weighted by Crippen LogP contribution is 2.24. The average molecular weight is 253 g/mol. The SMILES string of the molecule is CCOCC(C)NCc1ccc(OC)cc1OC. The second kappa shape index (κ2) is 7.95. The highest BCUT2D eigenvalue weighted by molar-refractivity contribution is 5.40. The normalized spacial score (nSPS) is 12.2. The molecule has 1 aromatic rings. The van der Waals surface area contributed by atoms with Crippen LogP contribution in [-0.4, -0.2) is 33.5 Å². The lowest BCUT2D eigenvalue weighted by Crippen LogP contribution is -2.30. The molecule has 0 saturated heterocycles. The summed E-state index contributed by atoms with van der Waals surface area (Å²) in [7, 11) is 3.32. The molecule has 4 nitrogen and oxygen atoms in total. The maximum atomic E-state index is 5.36. The Morgan fingerprint density at radius 3 is 2.61 bits per heavy atom. The van der Waals surface area contributed by atoms with Gasteiger partial charge in [-0.3, -0.25) is 0 Å². The summed E-state index contributed by atoms with van der Waals surface area (Å²) in [6.07, 6.45) is 0. The van der Waals surface area contributed by atoms with Crippen LogP contribution in [0.15, 0.2) is 18.2 Å². The Morgan fingerprint density at radius 1 is 1.22 bits per heavy atom. The fraction of sp³-hybridized carbons (Fsp3) is 0.571. The topological polar surface area (TPSA) is 39.7 Å². The van der Waals surface area contributed by atoms with E-state index in [-0.39, 0.29) is 0 Å².